The molecule has 0 aliphatic carbocycles. The second kappa shape index (κ2) is 14.6. The van der Waals surface area contributed by atoms with Gasteiger partial charge < -0.3 is 45.5 Å². The number of phosphoric acid groups is 3. The van der Waals surface area contributed by atoms with E-state index in [1.807, 2.05) is 0 Å². The first-order chi connectivity index (χ1) is 24.8. The number of H-pyrrole nitrogens is 2. The minimum Gasteiger partial charge on any atom is -0.387 e. The Hall–Kier alpha value is -3.49. The van der Waals surface area contributed by atoms with Gasteiger partial charge in [-0.25, -0.2) is 23.2 Å². The van der Waals surface area contributed by atoms with Gasteiger partial charge in [-0.05, 0) is 7.05 Å². The van der Waals surface area contributed by atoms with Crippen molar-refractivity contribution < 1.29 is 69.9 Å². The zero-order valence-corrected chi connectivity index (χ0v) is 30.4. The first-order valence-electron chi connectivity index (χ1n) is 15.1. The summed E-state index contributed by atoms with van der Waals surface area (Å²) in [4.78, 5) is 73.6. The van der Waals surface area contributed by atoms with Crippen LogP contribution in [-0.2, 0) is 52.6 Å². The van der Waals surface area contributed by atoms with E-state index in [0.29, 0.717) is 0 Å². The maximum Gasteiger partial charge on any atom is 0.490 e. The number of aliphatic hydroxyl groups is 1. The summed E-state index contributed by atoms with van der Waals surface area (Å²) in [6.45, 7) is -1.23. The number of rotatable bonds is 13. The number of morpholine rings is 1. The Kier molecular flexibility index (Phi) is 10.8. The number of nitrogens with zero attached hydrogens (tertiary/aromatic N) is 7. The second-order valence-electron chi connectivity index (χ2n) is 11.9. The second-order valence-corrected chi connectivity index (χ2v) is 16.5. The van der Waals surface area contributed by atoms with Crippen LogP contribution in [-0.4, -0.2) is 124 Å². The molecule has 2 aliphatic heterocycles. The van der Waals surface area contributed by atoms with Crippen LogP contribution >= 0.6 is 23.5 Å². The molecule has 0 saturated carbocycles. The molecule has 53 heavy (non-hydrogen) atoms. The number of imidazole rings is 2. The number of hydrogen-bond donors (Lipinski definition) is 8. The van der Waals surface area contributed by atoms with Crippen molar-refractivity contribution in [2.24, 2.45) is 7.05 Å². The van der Waals surface area contributed by atoms with Crippen LogP contribution in [0.15, 0.2) is 22.2 Å². The fourth-order valence-corrected chi connectivity index (χ4v) is 9.40. The smallest absolute Gasteiger partial charge is 0.387 e. The summed E-state index contributed by atoms with van der Waals surface area (Å²) in [5.74, 6) is -0.383. The number of anilines is 2. The van der Waals surface area contributed by atoms with Gasteiger partial charge in [0.1, 0.15) is 18.3 Å². The first kappa shape index (κ1) is 39.2. The van der Waals surface area contributed by atoms with Crippen molar-refractivity contribution in [1.29, 1.82) is 0 Å². The van der Waals surface area contributed by atoms with Crippen molar-refractivity contribution in [3.05, 3.63) is 33.4 Å². The van der Waals surface area contributed by atoms with Gasteiger partial charge in [-0.1, -0.05) is 4.98 Å². The number of fused-ring (bicyclic) bond motifs is 2. The third-order valence-corrected chi connectivity index (χ3v) is 12.2. The average Bonchev–Trinajstić information content (AvgIpc) is 3.70. The minimum atomic E-state index is -5.87. The quantitative estimate of drug-likeness (QED) is 0.0503. The van der Waals surface area contributed by atoms with E-state index in [4.69, 9.17) is 34.7 Å². The van der Waals surface area contributed by atoms with Crippen LogP contribution in [0.2, 0.25) is 0 Å². The highest BCUT2D eigenvalue weighted by atomic mass is 31.3. The van der Waals surface area contributed by atoms with Crippen LogP contribution in [0.5, 0.6) is 0 Å². The third kappa shape index (κ3) is 8.44. The van der Waals surface area contributed by atoms with Gasteiger partial charge >= 0.3 is 29.1 Å². The van der Waals surface area contributed by atoms with Gasteiger partial charge in [0.2, 0.25) is 11.5 Å². The number of nitrogens with one attached hydrogen (secondary N) is 2. The van der Waals surface area contributed by atoms with Crippen LogP contribution in [0, 0.1) is 0 Å². The van der Waals surface area contributed by atoms with Gasteiger partial charge in [-0.3, -0.25) is 42.6 Å². The predicted molar refractivity (Wildman–Crippen MR) is 174 cm³/mol. The highest BCUT2D eigenvalue weighted by Gasteiger charge is 2.48. The van der Waals surface area contributed by atoms with Gasteiger partial charge in [0, 0.05) is 13.7 Å². The third-order valence-electron chi connectivity index (χ3n) is 7.98. The minimum absolute atomic E-state index is 0.0384. The number of aromatic amines is 2. The Bertz CT molecular complexity index is 2280. The Morgan fingerprint density at radius 2 is 1.60 bits per heavy atom. The molecule has 292 valence electrons. The topological polar surface area (TPSA) is 370 Å². The molecular weight excluding hydrogens is 779 g/mol. The number of aryl methyl sites for hydroxylation is 1. The summed E-state index contributed by atoms with van der Waals surface area (Å²) in [5.41, 5.74) is 10.4. The average molecular weight is 815 g/mol. The standard InChI is InChI=1S/C23H34N11O16P3/c1-31-4-10(47-12(5-31)34-9-32(2)14-18(34)28-23(25)30-20(14)37)6-45-51(38,39)49-53(42,43)50-52(40,41)46-7-11-15(35)16(44-3)21(48-11)33-8-26-13-17(33)27-22(24)29-19(13)36/h8-12,15-16,21,35H,4-7H2,1-3H3,(H8-,24,25,27,28,29,30,36,37,38,39,40,41,42,43)/p+1/t10?,11-,12?,15-,16-,21-/m1/s1. The van der Waals surface area contributed by atoms with Crippen molar-refractivity contribution in [1.82, 2.24) is 39.0 Å². The molecule has 2 saturated heterocycles. The summed E-state index contributed by atoms with van der Waals surface area (Å²) in [6.07, 6.45) is -4.47. The van der Waals surface area contributed by atoms with Gasteiger partial charge in [-0.2, -0.15) is 13.6 Å². The number of nitrogen functional groups attached to an aromatic ring is 2. The zero-order valence-electron chi connectivity index (χ0n) is 27.8. The summed E-state index contributed by atoms with van der Waals surface area (Å²) in [6, 6.07) is 0. The molecule has 10 N–H and O–H groups in total. The molecule has 2 fully saturated rings. The van der Waals surface area contributed by atoms with Crippen molar-refractivity contribution in [2.75, 3.05) is 51.9 Å². The zero-order chi connectivity index (χ0) is 38.6. The van der Waals surface area contributed by atoms with Crippen LogP contribution in [0.3, 0.4) is 0 Å². The molecule has 30 heteroatoms. The molecule has 0 amide bonds. The molecule has 27 nitrogen and oxygen atoms in total. The molecule has 0 radical (unpaired) electrons. The first-order valence-corrected chi connectivity index (χ1v) is 19.6. The van der Waals surface area contributed by atoms with E-state index in [2.05, 4.69) is 33.5 Å². The van der Waals surface area contributed by atoms with Crippen molar-refractivity contribution in [3.63, 3.8) is 0 Å². The molecule has 0 aromatic carbocycles. The van der Waals surface area contributed by atoms with E-state index in [1.165, 1.54) is 27.1 Å². The number of hydrogen-bond acceptors (Lipinski definition) is 19. The number of aromatic nitrogens is 8. The van der Waals surface area contributed by atoms with E-state index in [1.54, 1.807) is 19.0 Å². The lowest BCUT2D eigenvalue weighted by molar-refractivity contribution is -0.747. The highest BCUT2D eigenvalue weighted by Crippen LogP contribution is 2.67. The molecule has 4 aromatic heterocycles. The molecule has 0 spiro atoms. The number of phosphoric ester groups is 2. The Morgan fingerprint density at radius 1 is 0.962 bits per heavy atom. The van der Waals surface area contributed by atoms with Crippen molar-refractivity contribution in [3.8, 4) is 0 Å². The molecule has 4 aromatic rings. The molecular formula is C23H35N11O16P3+. The van der Waals surface area contributed by atoms with Gasteiger partial charge in [0.05, 0.1) is 39.2 Å². The van der Waals surface area contributed by atoms with E-state index >= 15 is 0 Å². The fraction of sp³-hybridized carbons (Fsp3) is 0.565. The number of nitrogens with two attached hydrogens (primary N) is 2. The van der Waals surface area contributed by atoms with Crippen LogP contribution in [0.4, 0.5) is 11.9 Å². The van der Waals surface area contributed by atoms with Gasteiger partial charge in [-0.15, -0.1) is 0 Å². The van der Waals surface area contributed by atoms with Gasteiger partial charge in [0.25, 0.3) is 17.1 Å². The summed E-state index contributed by atoms with van der Waals surface area (Å²) in [5, 5.41) is 10.8. The molecule has 0 bridgehead atoms. The van der Waals surface area contributed by atoms with E-state index < -0.39 is 84.7 Å². The number of ether oxygens (including phenoxy) is 3. The van der Waals surface area contributed by atoms with Crippen LogP contribution < -0.4 is 27.2 Å². The number of likely N-dealkylation sites (N-methyl/N-ethyl adjacent to an activating group) is 1. The largest absolute Gasteiger partial charge is 0.490 e. The molecule has 6 heterocycles. The number of methoxy groups -OCH3 is 1. The SMILES string of the molecule is CO[C@@H]1[C@H](O)[C@@H](COP(=O)(O)OP(=O)(O)OP(=O)(O)OCC2CN(C)CC([n+]3cn(C)c4c(=O)[nH]c(N)nc43)O2)O[C@H]1n1cnc2c(=O)[nH]c(N)nc21. The lowest BCUT2D eigenvalue weighted by Gasteiger charge is -2.34. The molecule has 9 atom stereocenters. The molecule has 6 rings (SSSR count). The maximum absolute atomic E-state index is 12.6. The van der Waals surface area contributed by atoms with Crippen LogP contribution in [0.1, 0.15) is 12.5 Å². The summed E-state index contributed by atoms with van der Waals surface area (Å²) < 4.78 is 77.0. The normalized spacial score (nSPS) is 27.5. The van der Waals surface area contributed by atoms with Gasteiger partial charge in [0.15, 0.2) is 29.9 Å². The van der Waals surface area contributed by atoms with Crippen molar-refractivity contribution >= 4 is 57.7 Å². The Balaban J connectivity index is 1.05. The Morgan fingerprint density at radius 3 is 2.28 bits per heavy atom. The molecule has 5 unspecified atom stereocenters. The van der Waals surface area contributed by atoms with E-state index in [-0.39, 0.29) is 47.3 Å². The highest BCUT2D eigenvalue weighted by molar-refractivity contribution is 7.66. The summed E-state index contributed by atoms with van der Waals surface area (Å²) >= 11 is 0. The lowest BCUT2D eigenvalue weighted by Crippen LogP contribution is -2.54. The van der Waals surface area contributed by atoms with E-state index in [0.717, 1.165) is 6.33 Å². The maximum atomic E-state index is 12.6. The summed E-state index contributed by atoms with van der Waals surface area (Å²) in [7, 11) is -12.4. The lowest BCUT2D eigenvalue weighted by atomic mass is 10.1. The fourth-order valence-electron chi connectivity index (χ4n) is 5.85. The monoisotopic (exact) mass is 814 g/mol. The Labute approximate surface area is 295 Å². The predicted octanol–water partition coefficient (Wildman–Crippen LogP) is -2.68. The van der Waals surface area contributed by atoms with Crippen molar-refractivity contribution in [2.45, 2.75) is 36.9 Å². The number of aliphatic hydroxyl groups excluding tert-OH is 1. The molecule has 2 aliphatic rings. The van der Waals surface area contributed by atoms with Crippen LogP contribution in [0.25, 0.3) is 22.3 Å². The van der Waals surface area contributed by atoms with E-state index in [9.17, 15) is 43.1 Å².